The highest BCUT2D eigenvalue weighted by Gasteiger charge is 2.43. The van der Waals surface area contributed by atoms with Gasteiger partial charge in [-0.1, -0.05) is 36.8 Å². The number of amides is 1. The summed E-state index contributed by atoms with van der Waals surface area (Å²) >= 11 is 0. The zero-order chi connectivity index (χ0) is 15.3. The van der Waals surface area contributed by atoms with E-state index in [0.29, 0.717) is 0 Å². The molecule has 3 nitrogen and oxygen atoms in total. The molecular weight excluding hydrogens is 308 g/mol. The molecule has 0 bridgehead atoms. The van der Waals surface area contributed by atoms with Crippen molar-refractivity contribution >= 4 is 18.3 Å². The van der Waals surface area contributed by atoms with Crippen molar-refractivity contribution in [3.8, 4) is 0 Å². The Kier molecular flexibility index (Phi) is 6.91. The molecule has 3 rings (SSSR count). The third kappa shape index (κ3) is 4.71. The van der Waals surface area contributed by atoms with Gasteiger partial charge in [0.2, 0.25) is 5.91 Å². The second-order valence-electron chi connectivity index (χ2n) is 7.05. The number of hydrogen-bond donors (Lipinski definition) is 2. The molecule has 1 unspecified atom stereocenters. The Balaban J connectivity index is 0.00000192. The summed E-state index contributed by atoms with van der Waals surface area (Å²) in [6.45, 7) is 3.11. The first-order chi connectivity index (χ1) is 10.8. The second-order valence-corrected chi connectivity index (χ2v) is 7.05. The summed E-state index contributed by atoms with van der Waals surface area (Å²) < 4.78 is 0. The summed E-state index contributed by atoms with van der Waals surface area (Å²) in [7, 11) is 0. The maximum Gasteiger partial charge on any atom is 0.226 e. The molecule has 1 heterocycles. The number of carbonyl (C=O) groups excluding carboxylic acids is 1. The van der Waals surface area contributed by atoms with Crippen molar-refractivity contribution in [2.45, 2.75) is 44.9 Å². The van der Waals surface area contributed by atoms with Gasteiger partial charge in [0.15, 0.2) is 0 Å². The minimum absolute atomic E-state index is 0. The van der Waals surface area contributed by atoms with Crippen molar-refractivity contribution in [3.05, 3.63) is 35.9 Å². The van der Waals surface area contributed by atoms with E-state index in [2.05, 4.69) is 34.9 Å². The van der Waals surface area contributed by atoms with Crippen molar-refractivity contribution < 1.29 is 4.79 Å². The largest absolute Gasteiger partial charge is 0.356 e. The predicted molar refractivity (Wildman–Crippen MR) is 96.9 cm³/mol. The van der Waals surface area contributed by atoms with E-state index in [0.717, 1.165) is 51.2 Å². The number of halogens is 1. The average Bonchev–Trinajstić information content (AvgIpc) is 2.53. The zero-order valence-corrected chi connectivity index (χ0v) is 14.7. The Hall–Kier alpha value is -1.06. The highest BCUT2D eigenvalue weighted by molar-refractivity contribution is 5.85. The highest BCUT2D eigenvalue weighted by Crippen LogP contribution is 2.44. The van der Waals surface area contributed by atoms with Gasteiger partial charge >= 0.3 is 0 Å². The van der Waals surface area contributed by atoms with Crippen molar-refractivity contribution in [1.29, 1.82) is 0 Å². The fraction of sp³-hybridized carbons (Fsp3) is 0.632. The molecule has 23 heavy (non-hydrogen) atoms. The van der Waals surface area contributed by atoms with Crippen LogP contribution in [0.3, 0.4) is 0 Å². The lowest BCUT2D eigenvalue weighted by atomic mass is 9.64. The molecule has 2 aliphatic rings. The van der Waals surface area contributed by atoms with Gasteiger partial charge in [-0.15, -0.1) is 12.4 Å². The highest BCUT2D eigenvalue weighted by atomic mass is 35.5. The molecule has 1 aliphatic carbocycles. The van der Waals surface area contributed by atoms with Gasteiger partial charge in [0, 0.05) is 6.54 Å². The average molecular weight is 337 g/mol. The van der Waals surface area contributed by atoms with E-state index in [-0.39, 0.29) is 23.7 Å². The van der Waals surface area contributed by atoms with Gasteiger partial charge in [-0.25, -0.2) is 0 Å². The Morgan fingerprint density at radius 3 is 2.61 bits per heavy atom. The summed E-state index contributed by atoms with van der Waals surface area (Å²) in [6, 6.07) is 10.4. The maximum atomic E-state index is 12.7. The summed E-state index contributed by atoms with van der Waals surface area (Å²) in [5.41, 5.74) is 1.15. The van der Waals surface area contributed by atoms with E-state index in [1.165, 1.54) is 24.8 Å². The molecule has 0 radical (unpaired) electrons. The van der Waals surface area contributed by atoms with Crippen molar-refractivity contribution in [2.24, 2.45) is 11.3 Å². The minimum atomic E-state index is -0.133. The number of benzene rings is 1. The van der Waals surface area contributed by atoms with Gasteiger partial charge in [-0.2, -0.15) is 0 Å². The first kappa shape index (κ1) is 18.3. The fourth-order valence-corrected chi connectivity index (χ4v) is 3.82. The van der Waals surface area contributed by atoms with E-state index in [4.69, 9.17) is 0 Å². The number of nitrogens with one attached hydrogen (secondary N) is 2. The van der Waals surface area contributed by atoms with Gasteiger partial charge in [-0.3, -0.25) is 4.79 Å². The second kappa shape index (κ2) is 8.70. The van der Waals surface area contributed by atoms with Crippen LogP contribution in [-0.2, 0) is 11.2 Å². The van der Waals surface area contributed by atoms with Crippen molar-refractivity contribution in [3.63, 3.8) is 0 Å². The van der Waals surface area contributed by atoms with Crippen LogP contribution in [0.4, 0.5) is 0 Å². The number of rotatable bonds is 6. The van der Waals surface area contributed by atoms with Crippen LogP contribution in [0, 0.1) is 11.3 Å². The summed E-state index contributed by atoms with van der Waals surface area (Å²) in [4.78, 5) is 12.7. The van der Waals surface area contributed by atoms with Crippen LogP contribution < -0.4 is 10.6 Å². The lowest BCUT2D eigenvalue weighted by Crippen LogP contribution is -2.47. The number of piperidine rings is 1. The fourth-order valence-electron chi connectivity index (χ4n) is 3.82. The normalized spacial score (nSPS) is 22.5. The van der Waals surface area contributed by atoms with E-state index in [9.17, 15) is 4.79 Å². The maximum absolute atomic E-state index is 12.7. The Labute approximate surface area is 146 Å². The molecule has 1 aromatic carbocycles. The first-order valence-corrected chi connectivity index (χ1v) is 8.81. The van der Waals surface area contributed by atoms with E-state index < -0.39 is 0 Å². The topological polar surface area (TPSA) is 41.1 Å². The molecule has 1 aromatic rings. The molecule has 0 aromatic heterocycles. The van der Waals surface area contributed by atoms with E-state index in [1.54, 1.807) is 0 Å². The van der Waals surface area contributed by atoms with Crippen molar-refractivity contribution in [2.75, 3.05) is 19.6 Å². The lowest BCUT2D eigenvalue weighted by Gasteiger charge is -2.40. The SMILES string of the molecule is Cl.O=C(NCCC1CCCNC1)C1(Cc2ccccc2)CCC1. The van der Waals surface area contributed by atoms with Crippen molar-refractivity contribution in [1.82, 2.24) is 10.6 Å². The van der Waals surface area contributed by atoms with Crippen LogP contribution in [0.15, 0.2) is 30.3 Å². The molecule has 1 amide bonds. The van der Waals surface area contributed by atoms with Gasteiger partial charge in [0.1, 0.15) is 0 Å². The molecule has 1 saturated carbocycles. The van der Waals surface area contributed by atoms with Gasteiger partial charge in [0.05, 0.1) is 5.41 Å². The van der Waals surface area contributed by atoms with Crippen LogP contribution >= 0.6 is 12.4 Å². The Morgan fingerprint density at radius 2 is 2.00 bits per heavy atom. The molecular formula is C19H29ClN2O. The van der Waals surface area contributed by atoms with Crippen LogP contribution in [0.25, 0.3) is 0 Å². The summed E-state index contributed by atoms with van der Waals surface area (Å²) in [5.74, 6) is 1.02. The van der Waals surface area contributed by atoms with Crippen LogP contribution in [0.5, 0.6) is 0 Å². The zero-order valence-electron chi connectivity index (χ0n) is 13.9. The molecule has 1 saturated heterocycles. The minimum Gasteiger partial charge on any atom is -0.356 e. The summed E-state index contributed by atoms with van der Waals surface area (Å²) in [6.07, 6.45) is 7.85. The molecule has 2 fully saturated rings. The smallest absolute Gasteiger partial charge is 0.226 e. The quantitative estimate of drug-likeness (QED) is 0.836. The molecule has 1 aliphatic heterocycles. The molecule has 128 valence electrons. The third-order valence-electron chi connectivity index (χ3n) is 5.41. The predicted octanol–water partition coefficient (Wildman–Crippen LogP) is 3.33. The third-order valence-corrected chi connectivity index (χ3v) is 5.41. The number of hydrogen-bond acceptors (Lipinski definition) is 2. The lowest BCUT2D eigenvalue weighted by molar-refractivity contribution is -0.136. The molecule has 4 heteroatoms. The Morgan fingerprint density at radius 1 is 1.22 bits per heavy atom. The molecule has 0 spiro atoms. The van der Waals surface area contributed by atoms with Gasteiger partial charge < -0.3 is 10.6 Å². The van der Waals surface area contributed by atoms with Crippen LogP contribution in [0.2, 0.25) is 0 Å². The first-order valence-electron chi connectivity index (χ1n) is 8.81. The van der Waals surface area contributed by atoms with Crippen LogP contribution in [0.1, 0.15) is 44.1 Å². The summed E-state index contributed by atoms with van der Waals surface area (Å²) in [5, 5.41) is 6.67. The van der Waals surface area contributed by atoms with E-state index >= 15 is 0 Å². The van der Waals surface area contributed by atoms with Crippen LogP contribution in [-0.4, -0.2) is 25.5 Å². The van der Waals surface area contributed by atoms with Gasteiger partial charge in [-0.05, 0) is 63.1 Å². The number of carbonyl (C=O) groups is 1. The van der Waals surface area contributed by atoms with E-state index in [1.807, 2.05) is 6.07 Å². The molecule has 2 N–H and O–H groups in total. The molecule has 1 atom stereocenters. The monoisotopic (exact) mass is 336 g/mol. The standard InChI is InChI=1S/C19H28N2O.ClH/c22-18(21-13-9-17-8-4-12-20-15-17)19(10-5-11-19)14-16-6-2-1-3-7-16;/h1-3,6-7,17,20H,4-5,8-15H2,(H,21,22);1H. The van der Waals surface area contributed by atoms with Gasteiger partial charge in [0.25, 0.3) is 0 Å². The Bertz CT molecular complexity index is 481.